The molecule has 0 heterocycles. The van der Waals surface area contributed by atoms with E-state index in [1.165, 1.54) is 19.2 Å². The lowest BCUT2D eigenvalue weighted by molar-refractivity contribution is -0.115. The van der Waals surface area contributed by atoms with Gasteiger partial charge in [-0.15, -0.1) is 0 Å². The summed E-state index contributed by atoms with van der Waals surface area (Å²) in [6.07, 6.45) is -0.300. The quantitative estimate of drug-likeness (QED) is 0.829. The van der Waals surface area contributed by atoms with Crippen LogP contribution >= 0.6 is 15.9 Å². The molecule has 7 heteroatoms. The molecule has 0 unspecified atom stereocenters. The molecule has 2 N–H and O–H groups in total. The van der Waals surface area contributed by atoms with Gasteiger partial charge in [0, 0.05) is 0 Å². The van der Waals surface area contributed by atoms with Gasteiger partial charge < -0.3 is 15.2 Å². The zero-order chi connectivity index (χ0) is 13.7. The second-order valence-corrected chi connectivity index (χ2v) is 3.99. The van der Waals surface area contributed by atoms with Crippen molar-refractivity contribution in [1.29, 1.82) is 5.26 Å². The SMILES string of the molecule is COC(=O)c1ccc(NC(=O)CC#N)c(Br)c1O. The van der Waals surface area contributed by atoms with Crippen LogP contribution in [-0.2, 0) is 9.53 Å². The molecular weight excluding hydrogens is 304 g/mol. The second kappa shape index (κ2) is 6.02. The van der Waals surface area contributed by atoms with E-state index in [0.29, 0.717) is 0 Å². The van der Waals surface area contributed by atoms with Gasteiger partial charge in [-0.3, -0.25) is 4.79 Å². The van der Waals surface area contributed by atoms with Gasteiger partial charge in [-0.05, 0) is 28.1 Å². The zero-order valence-corrected chi connectivity index (χ0v) is 10.9. The number of hydrogen-bond donors (Lipinski definition) is 2. The van der Waals surface area contributed by atoms with Crippen LogP contribution in [0.1, 0.15) is 16.8 Å². The number of esters is 1. The van der Waals surface area contributed by atoms with E-state index in [0.717, 1.165) is 0 Å². The lowest BCUT2D eigenvalue weighted by Gasteiger charge is -2.10. The summed E-state index contributed by atoms with van der Waals surface area (Å²) in [5.74, 6) is -1.54. The van der Waals surface area contributed by atoms with Crippen LogP contribution < -0.4 is 5.32 Å². The van der Waals surface area contributed by atoms with Gasteiger partial charge in [0.1, 0.15) is 17.7 Å². The number of aromatic hydroxyl groups is 1. The highest BCUT2D eigenvalue weighted by molar-refractivity contribution is 9.10. The van der Waals surface area contributed by atoms with Gasteiger partial charge in [0.05, 0.1) is 23.3 Å². The molecular formula is C11H9BrN2O4. The number of carbonyl (C=O) groups excluding carboxylic acids is 2. The lowest BCUT2D eigenvalue weighted by atomic mass is 10.2. The summed E-state index contributed by atoms with van der Waals surface area (Å²) < 4.78 is 4.63. The maximum absolute atomic E-state index is 11.3. The Morgan fingerprint density at radius 3 is 2.78 bits per heavy atom. The lowest BCUT2D eigenvalue weighted by Crippen LogP contribution is -2.11. The van der Waals surface area contributed by atoms with Crippen molar-refractivity contribution in [3.05, 3.63) is 22.2 Å². The third-order valence-electron chi connectivity index (χ3n) is 2.04. The van der Waals surface area contributed by atoms with E-state index in [9.17, 15) is 14.7 Å². The third-order valence-corrected chi connectivity index (χ3v) is 2.84. The Kier molecular flexibility index (Phi) is 4.68. The molecule has 1 aromatic rings. The molecule has 0 spiro atoms. The van der Waals surface area contributed by atoms with Gasteiger partial charge in [-0.2, -0.15) is 5.26 Å². The number of hydrogen-bond acceptors (Lipinski definition) is 5. The molecule has 1 aromatic carbocycles. The first kappa shape index (κ1) is 14.0. The summed E-state index contributed by atoms with van der Waals surface area (Å²) >= 11 is 3.05. The third kappa shape index (κ3) is 2.99. The fourth-order valence-electron chi connectivity index (χ4n) is 1.20. The summed E-state index contributed by atoms with van der Waals surface area (Å²) in [7, 11) is 1.19. The second-order valence-electron chi connectivity index (χ2n) is 3.20. The molecule has 0 fully saturated rings. The van der Waals surface area contributed by atoms with Crippen LogP contribution in [-0.4, -0.2) is 24.1 Å². The van der Waals surface area contributed by atoms with Crippen molar-refractivity contribution in [2.75, 3.05) is 12.4 Å². The van der Waals surface area contributed by atoms with Crippen LogP contribution in [0.4, 0.5) is 5.69 Å². The topological polar surface area (TPSA) is 99.4 Å². The Morgan fingerprint density at radius 1 is 1.56 bits per heavy atom. The summed E-state index contributed by atoms with van der Waals surface area (Å²) in [4.78, 5) is 22.5. The van der Waals surface area contributed by atoms with Crippen molar-refractivity contribution in [2.45, 2.75) is 6.42 Å². The first-order valence-electron chi connectivity index (χ1n) is 4.77. The first-order chi connectivity index (χ1) is 8.51. The molecule has 0 saturated carbocycles. The predicted molar refractivity (Wildman–Crippen MR) is 66.0 cm³/mol. The molecule has 0 aliphatic carbocycles. The van der Waals surface area contributed by atoms with E-state index in [-0.39, 0.29) is 27.9 Å². The summed E-state index contributed by atoms with van der Waals surface area (Å²) in [5, 5.41) is 20.5. The number of halogens is 1. The van der Waals surface area contributed by atoms with E-state index < -0.39 is 11.9 Å². The molecule has 94 valence electrons. The molecule has 18 heavy (non-hydrogen) atoms. The zero-order valence-electron chi connectivity index (χ0n) is 9.36. The van der Waals surface area contributed by atoms with Gasteiger partial charge in [0.15, 0.2) is 0 Å². The average molecular weight is 313 g/mol. The Labute approximate surface area is 111 Å². The van der Waals surface area contributed by atoms with E-state index in [1.54, 1.807) is 6.07 Å². The van der Waals surface area contributed by atoms with Crippen molar-refractivity contribution >= 4 is 33.5 Å². The Bertz CT molecular complexity index is 537. The minimum Gasteiger partial charge on any atom is -0.506 e. The van der Waals surface area contributed by atoms with Gasteiger partial charge in [0.2, 0.25) is 5.91 Å². The highest BCUT2D eigenvalue weighted by Gasteiger charge is 2.17. The molecule has 0 aliphatic rings. The summed E-state index contributed by atoms with van der Waals surface area (Å²) in [6, 6.07) is 4.43. The minimum absolute atomic E-state index is 0.0253. The number of rotatable bonds is 3. The van der Waals surface area contributed by atoms with Crippen molar-refractivity contribution in [3.8, 4) is 11.8 Å². The molecule has 1 rings (SSSR count). The molecule has 0 radical (unpaired) electrons. The van der Waals surface area contributed by atoms with Crippen LogP contribution in [0.2, 0.25) is 0 Å². The van der Waals surface area contributed by atoms with E-state index in [1.807, 2.05) is 0 Å². The molecule has 6 nitrogen and oxygen atoms in total. The monoisotopic (exact) mass is 312 g/mol. The summed E-state index contributed by atoms with van der Waals surface area (Å²) in [6.45, 7) is 0. The Balaban J connectivity index is 3.05. The van der Waals surface area contributed by atoms with Crippen LogP contribution in [0.25, 0.3) is 0 Å². The summed E-state index contributed by atoms with van der Waals surface area (Å²) in [5.41, 5.74) is 0.239. The number of nitriles is 1. The smallest absolute Gasteiger partial charge is 0.341 e. The fourth-order valence-corrected chi connectivity index (χ4v) is 1.65. The number of amides is 1. The number of phenolic OH excluding ortho intramolecular Hbond substituents is 1. The van der Waals surface area contributed by atoms with Crippen LogP contribution in [0.15, 0.2) is 16.6 Å². The van der Waals surface area contributed by atoms with Crippen molar-refractivity contribution in [3.63, 3.8) is 0 Å². The number of phenols is 1. The number of ether oxygens (including phenoxy) is 1. The van der Waals surface area contributed by atoms with E-state index in [2.05, 4.69) is 26.0 Å². The van der Waals surface area contributed by atoms with Crippen LogP contribution in [0.3, 0.4) is 0 Å². The maximum atomic E-state index is 11.3. The van der Waals surface area contributed by atoms with E-state index >= 15 is 0 Å². The predicted octanol–water partition coefficient (Wildman–Crippen LogP) is 1.79. The Morgan fingerprint density at radius 2 is 2.22 bits per heavy atom. The maximum Gasteiger partial charge on any atom is 0.341 e. The van der Waals surface area contributed by atoms with Crippen LogP contribution in [0.5, 0.6) is 5.75 Å². The first-order valence-corrected chi connectivity index (χ1v) is 5.57. The van der Waals surface area contributed by atoms with Crippen LogP contribution in [0, 0.1) is 11.3 Å². The number of methoxy groups -OCH3 is 1. The van der Waals surface area contributed by atoms with Crippen molar-refractivity contribution in [2.24, 2.45) is 0 Å². The van der Waals surface area contributed by atoms with Crippen molar-refractivity contribution < 1.29 is 19.4 Å². The molecule has 0 saturated heterocycles. The number of carbonyl (C=O) groups is 2. The van der Waals surface area contributed by atoms with Gasteiger partial charge in [0.25, 0.3) is 0 Å². The number of nitrogens with zero attached hydrogens (tertiary/aromatic N) is 1. The molecule has 0 aromatic heterocycles. The largest absolute Gasteiger partial charge is 0.506 e. The fraction of sp³-hybridized carbons (Fsp3) is 0.182. The van der Waals surface area contributed by atoms with Gasteiger partial charge in [-0.25, -0.2) is 4.79 Å². The molecule has 1 amide bonds. The molecule has 0 atom stereocenters. The van der Waals surface area contributed by atoms with E-state index in [4.69, 9.17) is 5.26 Å². The highest BCUT2D eigenvalue weighted by Crippen LogP contribution is 2.35. The number of nitrogens with one attached hydrogen (secondary N) is 1. The highest BCUT2D eigenvalue weighted by atomic mass is 79.9. The van der Waals surface area contributed by atoms with Gasteiger partial charge in [-0.1, -0.05) is 0 Å². The normalized spacial score (nSPS) is 9.39. The number of anilines is 1. The average Bonchev–Trinajstić information content (AvgIpc) is 2.34. The minimum atomic E-state index is -0.692. The molecule has 0 bridgehead atoms. The molecule has 0 aliphatic heterocycles. The van der Waals surface area contributed by atoms with Crippen molar-refractivity contribution in [1.82, 2.24) is 0 Å². The number of benzene rings is 1. The standard InChI is InChI=1S/C11H9BrN2O4/c1-18-11(17)6-2-3-7(9(12)10(6)16)14-8(15)4-5-13/h2-3,16H,4H2,1H3,(H,14,15). The Hall–Kier alpha value is -2.07. The van der Waals surface area contributed by atoms with Gasteiger partial charge >= 0.3 is 5.97 Å².